The fraction of sp³-hybridized carbons (Fsp3) is 0.444. The largest absolute Gasteiger partial charge is 0.359 e. The van der Waals surface area contributed by atoms with Gasteiger partial charge in [0.25, 0.3) is 5.91 Å². The van der Waals surface area contributed by atoms with E-state index in [1.807, 2.05) is 37.4 Å². The summed E-state index contributed by atoms with van der Waals surface area (Å²) in [7, 11) is 3.71. The highest BCUT2D eigenvalue weighted by Gasteiger charge is 2.31. The van der Waals surface area contributed by atoms with Gasteiger partial charge in [0.05, 0.1) is 4.88 Å². The zero-order valence-corrected chi connectivity index (χ0v) is 14.9. The molecule has 0 unspecified atom stereocenters. The Kier molecular flexibility index (Phi) is 5.16. The lowest BCUT2D eigenvalue weighted by atomic mass is 10.1. The Morgan fingerprint density at radius 3 is 2.75 bits per heavy atom. The van der Waals surface area contributed by atoms with Crippen molar-refractivity contribution in [1.29, 1.82) is 0 Å². The van der Waals surface area contributed by atoms with Crippen molar-refractivity contribution in [1.82, 2.24) is 15.5 Å². The maximum Gasteiger partial charge on any atom is 0.261 e. The van der Waals surface area contributed by atoms with Crippen molar-refractivity contribution >= 4 is 33.2 Å². The van der Waals surface area contributed by atoms with Crippen LogP contribution in [0.5, 0.6) is 0 Å². The van der Waals surface area contributed by atoms with Crippen LogP contribution in [0, 0.1) is 0 Å². The molecule has 2 atom stereocenters. The van der Waals surface area contributed by atoms with Gasteiger partial charge in [-0.2, -0.15) is 0 Å². The number of rotatable bonds is 5. The first kappa shape index (κ1) is 16.9. The molecule has 2 N–H and O–H groups in total. The van der Waals surface area contributed by atoms with E-state index in [1.54, 1.807) is 7.05 Å². The molecule has 0 saturated carbocycles. The van der Waals surface area contributed by atoms with Gasteiger partial charge in [-0.1, -0.05) is 18.2 Å². The van der Waals surface area contributed by atoms with Gasteiger partial charge in [0.15, 0.2) is 0 Å². The molecule has 128 valence electrons. The lowest BCUT2D eigenvalue weighted by Gasteiger charge is -2.25. The number of amides is 2. The second kappa shape index (κ2) is 7.32. The zero-order valence-electron chi connectivity index (χ0n) is 14.0. The number of thiophene rings is 1. The lowest BCUT2D eigenvalue weighted by molar-refractivity contribution is -0.121. The fourth-order valence-electron chi connectivity index (χ4n) is 3.29. The van der Waals surface area contributed by atoms with Crippen molar-refractivity contribution in [2.24, 2.45) is 0 Å². The molecular formula is C18H23N3O2S. The van der Waals surface area contributed by atoms with Crippen LogP contribution in [0.4, 0.5) is 0 Å². The van der Waals surface area contributed by atoms with Crippen molar-refractivity contribution in [2.75, 3.05) is 20.6 Å². The lowest BCUT2D eigenvalue weighted by Crippen LogP contribution is -2.42. The normalized spacial score (nSPS) is 21.1. The molecule has 1 aromatic carbocycles. The van der Waals surface area contributed by atoms with E-state index in [-0.39, 0.29) is 23.9 Å². The van der Waals surface area contributed by atoms with Crippen LogP contribution in [0.1, 0.15) is 28.9 Å². The maximum absolute atomic E-state index is 12.4. The van der Waals surface area contributed by atoms with Crippen LogP contribution in [0.15, 0.2) is 30.3 Å². The van der Waals surface area contributed by atoms with Gasteiger partial charge < -0.3 is 10.6 Å². The second-order valence-electron chi connectivity index (χ2n) is 6.29. The monoisotopic (exact) mass is 345 g/mol. The van der Waals surface area contributed by atoms with Crippen LogP contribution >= 0.6 is 11.3 Å². The third-order valence-corrected chi connectivity index (χ3v) is 5.95. The average molecular weight is 345 g/mol. The molecule has 1 fully saturated rings. The second-order valence-corrected chi connectivity index (χ2v) is 7.37. The minimum Gasteiger partial charge on any atom is -0.359 e. The van der Waals surface area contributed by atoms with Gasteiger partial charge in [0, 0.05) is 36.8 Å². The predicted octanol–water partition coefficient (Wildman–Crippen LogP) is 2.23. The number of likely N-dealkylation sites (N-methyl/N-ethyl adjacent to an activating group) is 1. The number of nitrogens with one attached hydrogen (secondary N) is 2. The van der Waals surface area contributed by atoms with Gasteiger partial charge in [0.1, 0.15) is 0 Å². The van der Waals surface area contributed by atoms with Crippen molar-refractivity contribution < 1.29 is 9.59 Å². The first-order chi connectivity index (χ1) is 11.6. The highest BCUT2D eigenvalue weighted by Crippen LogP contribution is 2.26. The summed E-state index contributed by atoms with van der Waals surface area (Å²) in [5.74, 6) is 0.0566. The quantitative estimate of drug-likeness (QED) is 0.874. The van der Waals surface area contributed by atoms with E-state index in [4.69, 9.17) is 0 Å². The number of likely N-dealkylation sites (tertiary alicyclic amines) is 1. The molecular weight excluding hydrogens is 322 g/mol. The maximum atomic E-state index is 12.4. The average Bonchev–Trinajstić information content (AvgIpc) is 3.17. The molecule has 1 saturated heterocycles. The smallest absolute Gasteiger partial charge is 0.261 e. The SMILES string of the molecule is CNC(=O)C[C@H]1CC[C@@H](CNC(=O)c2cc3ccccc3s2)N1C. The molecule has 1 aliphatic heterocycles. The molecule has 2 aromatic rings. The first-order valence-corrected chi connectivity index (χ1v) is 9.09. The standard InChI is InChI=1S/C18H23N3O2S/c1-19-17(22)10-13-7-8-14(21(13)2)11-20-18(23)16-9-12-5-3-4-6-15(12)24-16/h3-6,9,13-14H,7-8,10-11H2,1-2H3,(H,19,22)(H,20,23)/t13-,14+/m1/s1. The van der Waals surface area contributed by atoms with E-state index in [2.05, 4.69) is 15.5 Å². The Labute approximate surface area is 146 Å². The number of benzene rings is 1. The minimum atomic E-state index is -0.0145. The van der Waals surface area contributed by atoms with Crippen molar-refractivity contribution in [3.8, 4) is 0 Å². The zero-order chi connectivity index (χ0) is 17.1. The summed E-state index contributed by atoms with van der Waals surface area (Å²) in [5, 5.41) is 6.83. The van der Waals surface area contributed by atoms with E-state index in [0.717, 1.165) is 27.8 Å². The van der Waals surface area contributed by atoms with E-state index in [9.17, 15) is 9.59 Å². The number of hydrogen-bond donors (Lipinski definition) is 2. The summed E-state index contributed by atoms with van der Waals surface area (Å²) in [4.78, 5) is 26.9. The Hall–Kier alpha value is -1.92. The highest BCUT2D eigenvalue weighted by atomic mass is 32.1. The Morgan fingerprint density at radius 1 is 1.25 bits per heavy atom. The molecule has 1 aliphatic rings. The minimum absolute atomic E-state index is 0.0145. The van der Waals surface area contributed by atoms with E-state index >= 15 is 0 Å². The topological polar surface area (TPSA) is 61.4 Å². The summed E-state index contributed by atoms with van der Waals surface area (Å²) in [6.07, 6.45) is 2.52. The predicted molar refractivity (Wildman–Crippen MR) is 97.4 cm³/mol. The van der Waals surface area contributed by atoms with Crippen LogP contribution in [0.3, 0.4) is 0 Å². The summed E-state index contributed by atoms with van der Waals surface area (Å²) in [6, 6.07) is 10.5. The van der Waals surface area contributed by atoms with Gasteiger partial charge in [-0.25, -0.2) is 0 Å². The number of hydrogen-bond acceptors (Lipinski definition) is 4. The van der Waals surface area contributed by atoms with Gasteiger partial charge in [-0.3, -0.25) is 14.5 Å². The van der Waals surface area contributed by atoms with Gasteiger partial charge >= 0.3 is 0 Å². The molecule has 3 rings (SSSR count). The van der Waals surface area contributed by atoms with Crippen molar-refractivity contribution in [2.45, 2.75) is 31.3 Å². The third kappa shape index (κ3) is 3.60. The number of fused-ring (bicyclic) bond motifs is 1. The Balaban J connectivity index is 1.55. The Bertz CT molecular complexity index is 710. The molecule has 2 amide bonds. The van der Waals surface area contributed by atoms with E-state index in [1.165, 1.54) is 11.3 Å². The van der Waals surface area contributed by atoms with Crippen LogP contribution in [-0.4, -0.2) is 49.4 Å². The summed E-state index contributed by atoms with van der Waals surface area (Å²) in [6.45, 7) is 0.619. The molecule has 0 radical (unpaired) electrons. The summed E-state index contributed by atoms with van der Waals surface area (Å²) < 4.78 is 1.13. The Morgan fingerprint density at radius 2 is 2.00 bits per heavy atom. The van der Waals surface area contributed by atoms with Crippen LogP contribution < -0.4 is 10.6 Å². The molecule has 1 aromatic heterocycles. The molecule has 24 heavy (non-hydrogen) atoms. The number of carbonyl (C=O) groups excluding carboxylic acids is 2. The molecule has 0 aliphatic carbocycles. The van der Waals surface area contributed by atoms with Crippen LogP contribution in [-0.2, 0) is 4.79 Å². The van der Waals surface area contributed by atoms with E-state index in [0.29, 0.717) is 13.0 Å². The number of nitrogens with zero attached hydrogens (tertiary/aromatic N) is 1. The highest BCUT2D eigenvalue weighted by molar-refractivity contribution is 7.20. The molecule has 0 spiro atoms. The molecule has 0 bridgehead atoms. The first-order valence-electron chi connectivity index (χ1n) is 8.27. The summed E-state index contributed by atoms with van der Waals surface area (Å²) >= 11 is 1.52. The van der Waals surface area contributed by atoms with Gasteiger partial charge in [-0.15, -0.1) is 11.3 Å². The number of carbonyl (C=O) groups is 2. The van der Waals surface area contributed by atoms with Crippen molar-refractivity contribution in [3.05, 3.63) is 35.2 Å². The van der Waals surface area contributed by atoms with Crippen molar-refractivity contribution in [3.63, 3.8) is 0 Å². The van der Waals surface area contributed by atoms with E-state index < -0.39 is 0 Å². The fourth-order valence-corrected chi connectivity index (χ4v) is 4.27. The van der Waals surface area contributed by atoms with Crippen LogP contribution in [0.25, 0.3) is 10.1 Å². The van der Waals surface area contributed by atoms with Crippen LogP contribution in [0.2, 0.25) is 0 Å². The summed E-state index contributed by atoms with van der Waals surface area (Å²) in [5.41, 5.74) is 0. The van der Waals surface area contributed by atoms with Gasteiger partial charge in [-0.05, 0) is 37.4 Å². The molecule has 5 nitrogen and oxygen atoms in total. The molecule has 6 heteroatoms. The third-order valence-electron chi connectivity index (χ3n) is 4.83. The van der Waals surface area contributed by atoms with Gasteiger partial charge in [0.2, 0.25) is 5.91 Å². The molecule has 2 heterocycles.